The molecule has 0 aliphatic heterocycles. The van der Waals surface area contributed by atoms with E-state index in [1.807, 2.05) is 24.3 Å². The van der Waals surface area contributed by atoms with Crippen molar-refractivity contribution < 1.29 is 4.39 Å². The first-order valence-corrected chi connectivity index (χ1v) is 5.21. The lowest BCUT2D eigenvalue weighted by Gasteiger charge is -2.13. The van der Waals surface area contributed by atoms with Gasteiger partial charge < -0.3 is 0 Å². The van der Waals surface area contributed by atoms with Crippen molar-refractivity contribution in [1.82, 2.24) is 0 Å². The molecule has 0 aromatic heterocycles. The van der Waals surface area contributed by atoms with Gasteiger partial charge in [0.15, 0.2) is 0 Å². The van der Waals surface area contributed by atoms with Crippen molar-refractivity contribution in [2.45, 2.75) is 32.4 Å². The lowest BCUT2D eigenvalue weighted by molar-refractivity contribution is 0.202. The Labute approximate surface area is 87.3 Å². The second-order valence-corrected chi connectivity index (χ2v) is 4.66. The zero-order valence-corrected chi connectivity index (χ0v) is 9.57. The highest BCUT2D eigenvalue weighted by atomic mass is 79.9. The van der Waals surface area contributed by atoms with Crippen molar-refractivity contribution >= 4 is 15.9 Å². The van der Waals surface area contributed by atoms with Gasteiger partial charge in [0, 0.05) is 4.47 Å². The molecule has 0 fully saturated rings. The molecule has 1 rings (SSSR count). The van der Waals surface area contributed by atoms with E-state index in [0.29, 0.717) is 6.42 Å². The lowest BCUT2D eigenvalue weighted by atomic mass is 10.0. The maximum atomic E-state index is 13.2. The van der Waals surface area contributed by atoms with Gasteiger partial charge in [-0.25, -0.2) is 4.39 Å². The Morgan fingerprint density at radius 2 is 1.92 bits per heavy atom. The topological polar surface area (TPSA) is 0 Å². The van der Waals surface area contributed by atoms with E-state index in [2.05, 4.69) is 15.9 Å². The summed E-state index contributed by atoms with van der Waals surface area (Å²) in [6, 6.07) is 7.95. The van der Waals surface area contributed by atoms with Gasteiger partial charge in [-0.15, -0.1) is 0 Å². The molecule has 0 radical (unpaired) electrons. The SMILES string of the molecule is CC(C)(F)CCc1ccccc1Br. The Morgan fingerprint density at radius 3 is 2.46 bits per heavy atom. The van der Waals surface area contributed by atoms with Gasteiger partial charge in [0.2, 0.25) is 0 Å². The highest BCUT2D eigenvalue weighted by Crippen LogP contribution is 2.22. The van der Waals surface area contributed by atoms with Gasteiger partial charge in [0.1, 0.15) is 5.67 Å². The molecule has 0 amide bonds. The fraction of sp³-hybridized carbons (Fsp3) is 0.455. The Hall–Kier alpha value is -0.370. The second-order valence-electron chi connectivity index (χ2n) is 3.81. The highest BCUT2D eigenvalue weighted by Gasteiger charge is 2.15. The molecule has 2 heteroatoms. The quantitative estimate of drug-likeness (QED) is 0.751. The van der Waals surface area contributed by atoms with Crippen LogP contribution in [0.2, 0.25) is 0 Å². The normalized spacial score (nSPS) is 11.7. The maximum Gasteiger partial charge on any atom is 0.105 e. The molecule has 72 valence electrons. The first-order valence-electron chi connectivity index (χ1n) is 4.41. The molecule has 1 aromatic rings. The summed E-state index contributed by atoms with van der Waals surface area (Å²) in [6.07, 6.45) is 1.35. The van der Waals surface area contributed by atoms with Gasteiger partial charge in [-0.3, -0.25) is 0 Å². The zero-order valence-electron chi connectivity index (χ0n) is 7.98. The predicted molar refractivity (Wildman–Crippen MR) is 57.7 cm³/mol. The minimum Gasteiger partial charge on any atom is -0.244 e. The molecule has 0 nitrogen and oxygen atoms in total. The number of rotatable bonds is 3. The molecule has 0 atom stereocenters. The summed E-state index contributed by atoms with van der Waals surface area (Å²) in [5, 5.41) is 0. The third kappa shape index (κ3) is 3.90. The van der Waals surface area contributed by atoms with E-state index in [-0.39, 0.29) is 0 Å². The van der Waals surface area contributed by atoms with Crippen molar-refractivity contribution in [2.75, 3.05) is 0 Å². The van der Waals surface area contributed by atoms with Gasteiger partial charge in [-0.05, 0) is 38.3 Å². The average Bonchev–Trinajstić information content (AvgIpc) is 2.01. The van der Waals surface area contributed by atoms with E-state index in [1.165, 1.54) is 5.56 Å². The number of benzene rings is 1. The minimum atomic E-state index is -1.07. The molecule has 0 N–H and O–H groups in total. The van der Waals surface area contributed by atoms with Crippen LogP contribution in [0.15, 0.2) is 28.7 Å². The molecule has 0 spiro atoms. The van der Waals surface area contributed by atoms with Gasteiger partial charge in [-0.2, -0.15) is 0 Å². The fourth-order valence-electron chi connectivity index (χ4n) is 1.13. The van der Waals surface area contributed by atoms with Crippen molar-refractivity contribution in [3.8, 4) is 0 Å². The first kappa shape index (κ1) is 10.7. The molecule has 0 unspecified atom stereocenters. The van der Waals surface area contributed by atoms with Crippen molar-refractivity contribution in [3.63, 3.8) is 0 Å². The fourth-order valence-corrected chi connectivity index (χ4v) is 1.62. The molecular formula is C11H14BrF. The number of halogens is 2. The Bertz CT molecular complexity index is 276. The molecule has 0 aliphatic rings. The van der Waals surface area contributed by atoms with E-state index in [0.717, 1.165) is 10.9 Å². The van der Waals surface area contributed by atoms with Crippen LogP contribution >= 0.6 is 15.9 Å². The summed E-state index contributed by atoms with van der Waals surface area (Å²) in [6.45, 7) is 3.23. The molecular weight excluding hydrogens is 231 g/mol. The number of hydrogen-bond acceptors (Lipinski definition) is 0. The molecule has 0 saturated carbocycles. The van der Waals surface area contributed by atoms with Crippen LogP contribution in [0.1, 0.15) is 25.8 Å². The molecule has 1 aromatic carbocycles. The molecule has 0 saturated heterocycles. The van der Waals surface area contributed by atoms with E-state index in [4.69, 9.17) is 0 Å². The zero-order chi connectivity index (χ0) is 9.90. The maximum absolute atomic E-state index is 13.2. The van der Waals surface area contributed by atoms with Crippen LogP contribution in [0.25, 0.3) is 0 Å². The minimum absolute atomic E-state index is 0.565. The van der Waals surface area contributed by atoms with E-state index in [9.17, 15) is 4.39 Å². The van der Waals surface area contributed by atoms with E-state index >= 15 is 0 Å². The molecule has 0 aliphatic carbocycles. The molecule has 0 heterocycles. The number of alkyl halides is 1. The molecule has 0 bridgehead atoms. The van der Waals surface area contributed by atoms with Gasteiger partial charge in [-0.1, -0.05) is 34.1 Å². The second kappa shape index (κ2) is 4.23. The van der Waals surface area contributed by atoms with Crippen LogP contribution in [0.4, 0.5) is 4.39 Å². The summed E-state index contributed by atoms with van der Waals surface area (Å²) >= 11 is 3.44. The van der Waals surface area contributed by atoms with Gasteiger partial charge in [0.05, 0.1) is 0 Å². The van der Waals surface area contributed by atoms with Crippen LogP contribution in [0.5, 0.6) is 0 Å². The summed E-state index contributed by atoms with van der Waals surface area (Å²) in [5.41, 5.74) is 0.100. The van der Waals surface area contributed by atoms with Crippen LogP contribution in [0, 0.1) is 0 Å². The predicted octanol–water partition coefficient (Wildman–Crippen LogP) is 4.13. The van der Waals surface area contributed by atoms with Gasteiger partial charge in [0.25, 0.3) is 0 Å². The number of aryl methyl sites for hydroxylation is 1. The molecule has 13 heavy (non-hydrogen) atoms. The van der Waals surface area contributed by atoms with Crippen LogP contribution < -0.4 is 0 Å². The van der Waals surface area contributed by atoms with Gasteiger partial charge >= 0.3 is 0 Å². The Kier molecular flexibility index (Phi) is 3.48. The van der Waals surface area contributed by atoms with Crippen LogP contribution in [-0.4, -0.2) is 5.67 Å². The van der Waals surface area contributed by atoms with Crippen molar-refractivity contribution in [1.29, 1.82) is 0 Å². The van der Waals surface area contributed by atoms with E-state index < -0.39 is 5.67 Å². The summed E-state index contributed by atoms with van der Waals surface area (Å²) in [5.74, 6) is 0. The summed E-state index contributed by atoms with van der Waals surface area (Å²) in [4.78, 5) is 0. The number of hydrogen-bond donors (Lipinski definition) is 0. The van der Waals surface area contributed by atoms with Crippen molar-refractivity contribution in [2.24, 2.45) is 0 Å². The third-order valence-electron chi connectivity index (χ3n) is 1.95. The highest BCUT2D eigenvalue weighted by molar-refractivity contribution is 9.10. The Morgan fingerprint density at radius 1 is 1.31 bits per heavy atom. The smallest absolute Gasteiger partial charge is 0.105 e. The Balaban J connectivity index is 2.60. The monoisotopic (exact) mass is 244 g/mol. The largest absolute Gasteiger partial charge is 0.244 e. The van der Waals surface area contributed by atoms with Crippen LogP contribution in [0.3, 0.4) is 0 Å². The first-order chi connectivity index (χ1) is 5.99. The lowest BCUT2D eigenvalue weighted by Crippen LogP contribution is -2.12. The van der Waals surface area contributed by atoms with Crippen LogP contribution in [-0.2, 0) is 6.42 Å². The third-order valence-corrected chi connectivity index (χ3v) is 2.72. The summed E-state index contributed by atoms with van der Waals surface area (Å²) < 4.78 is 14.3. The van der Waals surface area contributed by atoms with E-state index in [1.54, 1.807) is 13.8 Å². The van der Waals surface area contributed by atoms with Crippen molar-refractivity contribution in [3.05, 3.63) is 34.3 Å². The standard InChI is InChI=1S/C11H14BrF/c1-11(2,13)8-7-9-5-3-4-6-10(9)12/h3-6H,7-8H2,1-2H3. The summed E-state index contributed by atoms with van der Waals surface area (Å²) in [7, 11) is 0. The average molecular weight is 245 g/mol.